The lowest BCUT2D eigenvalue weighted by atomic mass is 9.91. The van der Waals surface area contributed by atoms with Crippen LogP contribution in [-0.4, -0.2) is 24.1 Å². The highest BCUT2D eigenvalue weighted by Crippen LogP contribution is 2.45. The SMILES string of the molecule is c1ccc(-c2cc(-c3ccccc3)cc(-c3cc(-c4ccccc4)ccc3-n3c4ccccc4c4c3ccc3c5ccccc5n(-c5nc(-c6ccccc6)nc(-c6ccccc6)n5)c34)c2)cc1. The normalized spacial score (nSPS) is 11.5. The number of fused-ring (bicyclic) bond motifs is 7. The Kier molecular flexibility index (Phi) is 9.43. The van der Waals surface area contributed by atoms with Crippen molar-refractivity contribution < 1.29 is 0 Å². The second-order valence-corrected chi connectivity index (χ2v) is 17.2. The largest absolute Gasteiger partial charge is 0.309 e. The van der Waals surface area contributed by atoms with Crippen LogP contribution in [0.3, 0.4) is 0 Å². The molecule has 0 saturated heterocycles. The first-order chi connectivity index (χ1) is 33.7. The molecule has 0 aliphatic heterocycles. The molecule has 13 aromatic rings. The Balaban J connectivity index is 1.13. The highest BCUT2D eigenvalue weighted by atomic mass is 15.2. The molecule has 5 nitrogen and oxygen atoms in total. The van der Waals surface area contributed by atoms with Gasteiger partial charge in [-0.1, -0.05) is 200 Å². The molecule has 10 aromatic carbocycles. The lowest BCUT2D eigenvalue weighted by Crippen LogP contribution is -2.06. The minimum Gasteiger partial charge on any atom is -0.309 e. The van der Waals surface area contributed by atoms with Gasteiger partial charge in [0.25, 0.3) is 0 Å². The molecular weight excluding hydrogens is 827 g/mol. The van der Waals surface area contributed by atoms with Gasteiger partial charge in [0, 0.05) is 38.2 Å². The van der Waals surface area contributed by atoms with Crippen molar-refractivity contribution in [3.05, 3.63) is 249 Å². The molecule has 0 bridgehead atoms. The monoisotopic (exact) mass is 867 g/mol. The molecule has 0 aliphatic rings. The fourth-order valence-corrected chi connectivity index (χ4v) is 10.0. The Morgan fingerprint density at radius 1 is 0.265 bits per heavy atom. The molecule has 0 aliphatic carbocycles. The average molecular weight is 868 g/mol. The Morgan fingerprint density at radius 2 is 0.721 bits per heavy atom. The molecule has 13 rings (SSSR count). The van der Waals surface area contributed by atoms with E-state index in [1.54, 1.807) is 0 Å². The molecule has 0 saturated carbocycles. The zero-order valence-corrected chi connectivity index (χ0v) is 36.9. The van der Waals surface area contributed by atoms with Crippen molar-refractivity contribution in [2.75, 3.05) is 0 Å². The summed E-state index contributed by atoms with van der Waals surface area (Å²) in [5.41, 5.74) is 16.4. The van der Waals surface area contributed by atoms with E-state index in [-0.39, 0.29) is 0 Å². The molecule has 0 unspecified atom stereocenters. The maximum absolute atomic E-state index is 5.32. The zero-order valence-electron chi connectivity index (χ0n) is 36.9. The van der Waals surface area contributed by atoms with E-state index in [1.807, 2.05) is 36.4 Å². The van der Waals surface area contributed by atoms with Crippen molar-refractivity contribution >= 4 is 43.6 Å². The van der Waals surface area contributed by atoms with Crippen molar-refractivity contribution in [2.45, 2.75) is 0 Å². The van der Waals surface area contributed by atoms with Crippen LogP contribution in [0.25, 0.3) is 123 Å². The van der Waals surface area contributed by atoms with E-state index in [9.17, 15) is 0 Å². The van der Waals surface area contributed by atoms with Crippen LogP contribution in [0.4, 0.5) is 0 Å². The highest BCUT2D eigenvalue weighted by Gasteiger charge is 2.24. The summed E-state index contributed by atoms with van der Waals surface area (Å²) in [6.07, 6.45) is 0. The van der Waals surface area contributed by atoms with Crippen LogP contribution in [0, 0.1) is 0 Å². The van der Waals surface area contributed by atoms with Gasteiger partial charge in [-0.05, 0) is 87.5 Å². The lowest BCUT2D eigenvalue weighted by Gasteiger charge is -2.18. The molecule has 0 amide bonds. The summed E-state index contributed by atoms with van der Waals surface area (Å²) in [7, 11) is 0. The third kappa shape index (κ3) is 6.68. The Hall–Kier alpha value is -9.19. The highest BCUT2D eigenvalue weighted by molar-refractivity contribution is 6.26. The van der Waals surface area contributed by atoms with E-state index in [2.05, 4.69) is 221 Å². The molecule has 3 aromatic heterocycles. The van der Waals surface area contributed by atoms with Crippen LogP contribution in [0.1, 0.15) is 0 Å². The number of benzene rings is 10. The van der Waals surface area contributed by atoms with E-state index in [0.717, 1.165) is 88.2 Å². The summed E-state index contributed by atoms with van der Waals surface area (Å²) in [6, 6.07) is 88.5. The van der Waals surface area contributed by atoms with Crippen LogP contribution in [0.5, 0.6) is 0 Å². The van der Waals surface area contributed by atoms with Gasteiger partial charge in [0.05, 0.1) is 27.8 Å². The molecule has 68 heavy (non-hydrogen) atoms. The van der Waals surface area contributed by atoms with E-state index >= 15 is 0 Å². The van der Waals surface area contributed by atoms with E-state index < -0.39 is 0 Å². The Labute approximate surface area is 393 Å². The number of aromatic nitrogens is 5. The molecule has 0 spiro atoms. The Bertz CT molecular complexity index is 3880. The third-order valence-electron chi connectivity index (χ3n) is 13.2. The number of hydrogen-bond donors (Lipinski definition) is 0. The van der Waals surface area contributed by atoms with E-state index in [0.29, 0.717) is 17.6 Å². The van der Waals surface area contributed by atoms with Crippen molar-refractivity contribution in [3.63, 3.8) is 0 Å². The fourth-order valence-electron chi connectivity index (χ4n) is 10.0. The number of hydrogen-bond acceptors (Lipinski definition) is 3. The molecule has 0 atom stereocenters. The van der Waals surface area contributed by atoms with Crippen molar-refractivity contribution in [2.24, 2.45) is 0 Å². The summed E-state index contributed by atoms with van der Waals surface area (Å²) < 4.78 is 4.73. The van der Waals surface area contributed by atoms with Gasteiger partial charge in [0.2, 0.25) is 5.95 Å². The summed E-state index contributed by atoms with van der Waals surface area (Å²) in [6.45, 7) is 0. The zero-order chi connectivity index (χ0) is 45.0. The molecule has 5 heteroatoms. The van der Waals surface area contributed by atoms with Gasteiger partial charge in [-0.3, -0.25) is 4.57 Å². The first-order valence-corrected chi connectivity index (χ1v) is 23.0. The molecule has 0 radical (unpaired) electrons. The Morgan fingerprint density at radius 3 is 1.28 bits per heavy atom. The van der Waals surface area contributed by atoms with Crippen LogP contribution >= 0.6 is 0 Å². The van der Waals surface area contributed by atoms with Crippen LogP contribution < -0.4 is 0 Å². The second kappa shape index (κ2) is 16.4. The molecular formula is C63H41N5. The van der Waals surface area contributed by atoms with Gasteiger partial charge in [-0.25, -0.2) is 4.98 Å². The molecule has 3 heterocycles. The summed E-state index contributed by atoms with van der Waals surface area (Å²) >= 11 is 0. The minimum atomic E-state index is 0.562. The maximum Gasteiger partial charge on any atom is 0.238 e. The lowest BCUT2D eigenvalue weighted by molar-refractivity contribution is 0.955. The summed E-state index contributed by atoms with van der Waals surface area (Å²) in [4.78, 5) is 15.7. The van der Waals surface area contributed by atoms with Crippen molar-refractivity contribution in [1.82, 2.24) is 24.1 Å². The van der Waals surface area contributed by atoms with Gasteiger partial charge in [-0.15, -0.1) is 0 Å². The van der Waals surface area contributed by atoms with Gasteiger partial charge < -0.3 is 4.57 Å². The van der Waals surface area contributed by atoms with Crippen LogP contribution in [-0.2, 0) is 0 Å². The van der Waals surface area contributed by atoms with E-state index in [4.69, 9.17) is 15.0 Å². The van der Waals surface area contributed by atoms with Crippen molar-refractivity contribution in [3.8, 4) is 78.9 Å². The quantitative estimate of drug-likeness (QED) is 0.153. The third-order valence-corrected chi connectivity index (χ3v) is 13.2. The first kappa shape index (κ1) is 39.2. The number of rotatable bonds is 8. The number of para-hydroxylation sites is 2. The predicted octanol–water partition coefficient (Wildman–Crippen LogP) is 16.1. The van der Waals surface area contributed by atoms with Crippen LogP contribution in [0.2, 0.25) is 0 Å². The fraction of sp³-hybridized carbons (Fsp3) is 0. The standard InChI is InChI=1S/C63H41N5/c1-6-20-42(21-7-1)47-34-36-57(54(41-47)50-39-48(43-22-8-2-9-23-43)38-49(40-50)44-24-10-3-11-25-44)67-56-33-19-17-31-53(56)59-58(67)37-35-52-51-30-16-18-32-55(51)68(60(52)59)63-65-61(45-26-12-4-13-27-45)64-62(66-63)46-28-14-5-15-29-46/h1-41H. The summed E-state index contributed by atoms with van der Waals surface area (Å²) in [5.74, 6) is 1.80. The van der Waals surface area contributed by atoms with Gasteiger partial charge >= 0.3 is 0 Å². The smallest absolute Gasteiger partial charge is 0.238 e. The second-order valence-electron chi connectivity index (χ2n) is 17.2. The average Bonchev–Trinajstić information content (AvgIpc) is 3.95. The first-order valence-electron chi connectivity index (χ1n) is 23.0. The predicted molar refractivity (Wildman–Crippen MR) is 281 cm³/mol. The summed E-state index contributed by atoms with van der Waals surface area (Å²) in [5, 5.41) is 4.52. The van der Waals surface area contributed by atoms with E-state index in [1.165, 1.54) is 16.7 Å². The van der Waals surface area contributed by atoms with Gasteiger partial charge in [0.1, 0.15) is 0 Å². The molecule has 318 valence electrons. The van der Waals surface area contributed by atoms with Gasteiger partial charge in [0.15, 0.2) is 11.6 Å². The topological polar surface area (TPSA) is 48.5 Å². The maximum atomic E-state index is 5.32. The van der Waals surface area contributed by atoms with Crippen molar-refractivity contribution in [1.29, 1.82) is 0 Å². The number of nitrogens with zero attached hydrogens (tertiary/aromatic N) is 5. The molecule has 0 N–H and O–H groups in total. The molecule has 0 fully saturated rings. The van der Waals surface area contributed by atoms with Gasteiger partial charge in [-0.2, -0.15) is 9.97 Å². The minimum absolute atomic E-state index is 0.562. The van der Waals surface area contributed by atoms with Crippen LogP contribution in [0.15, 0.2) is 249 Å².